The molecule has 2 N–H and O–H groups in total. The molecule has 0 saturated carbocycles. The number of nitrogens with two attached hydrogens (primary N) is 1. The van der Waals surface area contributed by atoms with Crippen LogP contribution in [0.3, 0.4) is 0 Å². The summed E-state index contributed by atoms with van der Waals surface area (Å²) in [4.78, 5) is 12.1. The van der Waals surface area contributed by atoms with Crippen LogP contribution in [0.5, 0.6) is 5.75 Å². The van der Waals surface area contributed by atoms with E-state index in [1.54, 1.807) is 30.3 Å². The van der Waals surface area contributed by atoms with Crippen molar-refractivity contribution in [1.29, 1.82) is 0 Å². The molecule has 0 aliphatic rings. The molecular formula is C16H16FNO3. The summed E-state index contributed by atoms with van der Waals surface area (Å²) in [5.41, 5.74) is 6.84. The van der Waals surface area contributed by atoms with Crippen LogP contribution in [-0.4, -0.2) is 12.6 Å². The summed E-state index contributed by atoms with van der Waals surface area (Å²) in [6.45, 7) is 2.19. The van der Waals surface area contributed by atoms with Gasteiger partial charge in [-0.15, -0.1) is 0 Å². The Hall–Kier alpha value is -2.56. The van der Waals surface area contributed by atoms with E-state index in [9.17, 15) is 9.18 Å². The number of nitrogen functional groups attached to an aromatic ring is 1. The van der Waals surface area contributed by atoms with Crippen molar-refractivity contribution in [2.24, 2.45) is 0 Å². The smallest absolute Gasteiger partial charge is 0.344 e. The van der Waals surface area contributed by atoms with E-state index in [0.29, 0.717) is 17.9 Å². The third-order valence-corrected chi connectivity index (χ3v) is 2.82. The van der Waals surface area contributed by atoms with Crippen LogP contribution in [0.25, 0.3) is 0 Å². The number of hydrogen-bond acceptors (Lipinski definition) is 4. The lowest BCUT2D eigenvalue weighted by atomic mass is 10.1. The van der Waals surface area contributed by atoms with Crippen LogP contribution in [0.15, 0.2) is 42.5 Å². The second kappa shape index (κ2) is 6.74. The fourth-order valence-electron chi connectivity index (χ4n) is 1.89. The Labute approximate surface area is 122 Å². The first-order valence-electron chi connectivity index (χ1n) is 6.54. The average molecular weight is 289 g/mol. The molecule has 0 atom stereocenters. The number of anilines is 1. The summed E-state index contributed by atoms with van der Waals surface area (Å²) < 4.78 is 23.6. The van der Waals surface area contributed by atoms with E-state index in [0.717, 1.165) is 0 Å². The highest BCUT2D eigenvalue weighted by Gasteiger charge is 2.17. The number of halogens is 1. The largest absolute Gasteiger partial charge is 0.493 e. The first kappa shape index (κ1) is 14.8. The minimum absolute atomic E-state index is 0.0313. The molecule has 0 fully saturated rings. The monoisotopic (exact) mass is 289 g/mol. The molecule has 0 aromatic heterocycles. The van der Waals surface area contributed by atoms with Gasteiger partial charge in [0.05, 0.1) is 6.61 Å². The fourth-order valence-corrected chi connectivity index (χ4v) is 1.89. The van der Waals surface area contributed by atoms with Gasteiger partial charge in [-0.05, 0) is 36.8 Å². The predicted octanol–water partition coefficient (Wildman–Crippen LogP) is 3.16. The van der Waals surface area contributed by atoms with Crippen molar-refractivity contribution in [3.63, 3.8) is 0 Å². The molecule has 21 heavy (non-hydrogen) atoms. The topological polar surface area (TPSA) is 61.5 Å². The second-order valence-electron chi connectivity index (χ2n) is 4.36. The maximum absolute atomic E-state index is 13.1. The number of carbonyl (C=O) groups is 1. The van der Waals surface area contributed by atoms with Crippen molar-refractivity contribution in [3.8, 4) is 5.75 Å². The van der Waals surface area contributed by atoms with Crippen molar-refractivity contribution in [2.75, 3.05) is 12.3 Å². The van der Waals surface area contributed by atoms with Gasteiger partial charge < -0.3 is 15.2 Å². The lowest BCUT2D eigenvalue weighted by molar-refractivity contribution is 0.0469. The lowest BCUT2D eigenvalue weighted by Crippen LogP contribution is -2.11. The van der Waals surface area contributed by atoms with Gasteiger partial charge in [-0.2, -0.15) is 0 Å². The van der Waals surface area contributed by atoms with Crippen LogP contribution >= 0.6 is 0 Å². The van der Waals surface area contributed by atoms with E-state index >= 15 is 0 Å². The SMILES string of the molecule is CCOc1cccc(N)c1C(=O)OCc1cccc(F)c1. The van der Waals surface area contributed by atoms with Crippen molar-refractivity contribution in [2.45, 2.75) is 13.5 Å². The normalized spacial score (nSPS) is 10.2. The molecule has 2 rings (SSSR count). The number of ether oxygens (including phenoxy) is 2. The number of esters is 1. The molecule has 0 radical (unpaired) electrons. The van der Waals surface area contributed by atoms with E-state index in [1.807, 2.05) is 6.92 Å². The summed E-state index contributed by atoms with van der Waals surface area (Å²) >= 11 is 0. The molecule has 0 aliphatic heterocycles. The Morgan fingerprint density at radius 3 is 2.71 bits per heavy atom. The number of rotatable bonds is 5. The Kier molecular flexibility index (Phi) is 4.77. The van der Waals surface area contributed by atoms with Gasteiger partial charge in [-0.25, -0.2) is 9.18 Å². The zero-order valence-electron chi connectivity index (χ0n) is 11.6. The van der Waals surface area contributed by atoms with E-state index in [1.165, 1.54) is 12.1 Å². The fraction of sp³-hybridized carbons (Fsp3) is 0.188. The van der Waals surface area contributed by atoms with Crippen LogP contribution in [-0.2, 0) is 11.3 Å². The maximum atomic E-state index is 13.1. The van der Waals surface area contributed by atoms with E-state index in [2.05, 4.69) is 0 Å². The molecule has 0 heterocycles. The lowest BCUT2D eigenvalue weighted by Gasteiger charge is -2.12. The highest BCUT2D eigenvalue weighted by molar-refractivity contribution is 5.98. The molecule has 4 nitrogen and oxygen atoms in total. The zero-order chi connectivity index (χ0) is 15.2. The average Bonchev–Trinajstić information content (AvgIpc) is 2.45. The quantitative estimate of drug-likeness (QED) is 0.678. The van der Waals surface area contributed by atoms with Gasteiger partial charge in [0.2, 0.25) is 0 Å². The molecule has 0 amide bonds. The predicted molar refractivity (Wildman–Crippen MR) is 77.5 cm³/mol. The van der Waals surface area contributed by atoms with Crippen molar-refractivity contribution >= 4 is 11.7 Å². The van der Waals surface area contributed by atoms with Crippen molar-refractivity contribution in [1.82, 2.24) is 0 Å². The minimum Gasteiger partial charge on any atom is -0.493 e. The van der Waals surface area contributed by atoms with E-state index in [4.69, 9.17) is 15.2 Å². The van der Waals surface area contributed by atoms with Gasteiger partial charge >= 0.3 is 5.97 Å². The van der Waals surface area contributed by atoms with Gasteiger partial charge in [-0.1, -0.05) is 18.2 Å². The molecule has 2 aromatic carbocycles. The van der Waals surface area contributed by atoms with Crippen LogP contribution in [0.4, 0.5) is 10.1 Å². The minimum atomic E-state index is -0.596. The highest BCUT2D eigenvalue weighted by Crippen LogP contribution is 2.25. The Bertz CT molecular complexity index is 643. The van der Waals surface area contributed by atoms with Gasteiger partial charge in [0, 0.05) is 5.69 Å². The Morgan fingerprint density at radius 1 is 1.24 bits per heavy atom. The van der Waals surface area contributed by atoms with Crippen LogP contribution in [0.2, 0.25) is 0 Å². The van der Waals surface area contributed by atoms with Crippen LogP contribution in [0.1, 0.15) is 22.8 Å². The maximum Gasteiger partial charge on any atom is 0.344 e. The molecule has 110 valence electrons. The first-order chi connectivity index (χ1) is 10.1. The molecule has 0 bridgehead atoms. The molecule has 5 heteroatoms. The summed E-state index contributed by atoms with van der Waals surface area (Å²) in [5.74, 6) is -0.597. The molecule has 0 aliphatic carbocycles. The van der Waals surface area contributed by atoms with Gasteiger partial charge in [0.15, 0.2) is 0 Å². The standard InChI is InChI=1S/C16H16FNO3/c1-2-20-14-8-4-7-13(18)15(14)16(19)21-10-11-5-3-6-12(17)9-11/h3-9H,2,10,18H2,1H3. The molecule has 0 saturated heterocycles. The highest BCUT2D eigenvalue weighted by atomic mass is 19.1. The zero-order valence-corrected chi connectivity index (χ0v) is 11.6. The Morgan fingerprint density at radius 2 is 2.00 bits per heavy atom. The summed E-state index contributed by atoms with van der Waals surface area (Å²) in [6.07, 6.45) is 0. The van der Waals surface area contributed by atoms with Crippen LogP contribution < -0.4 is 10.5 Å². The molecule has 0 unspecified atom stereocenters. The third kappa shape index (κ3) is 3.72. The van der Waals surface area contributed by atoms with E-state index < -0.39 is 5.97 Å². The van der Waals surface area contributed by atoms with Gasteiger partial charge in [-0.3, -0.25) is 0 Å². The molecule has 2 aromatic rings. The van der Waals surface area contributed by atoms with Gasteiger partial charge in [0.25, 0.3) is 0 Å². The first-order valence-corrected chi connectivity index (χ1v) is 6.54. The number of hydrogen-bond donors (Lipinski definition) is 1. The summed E-state index contributed by atoms with van der Waals surface area (Å²) in [7, 11) is 0. The molecular weight excluding hydrogens is 273 g/mol. The molecule has 0 spiro atoms. The summed E-state index contributed by atoms with van der Waals surface area (Å²) in [6, 6.07) is 10.8. The third-order valence-electron chi connectivity index (χ3n) is 2.82. The van der Waals surface area contributed by atoms with Crippen LogP contribution in [0, 0.1) is 5.82 Å². The van der Waals surface area contributed by atoms with Gasteiger partial charge in [0.1, 0.15) is 23.7 Å². The van der Waals surface area contributed by atoms with E-state index in [-0.39, 0.29) is 23.7 Å². The summed E-state index contributed by atoms with van der Waals surface area (Å²) in [5, 5.41) is 0. The van der Waals surface area contributed by atoms with Crippen molar-refractivity contribution < 1.29 is 18.7 Å². The number of carbonyl (C=O) groups excluding carboxylic acids is 1. The Balaban J connectivity index is 2.13. The van der Waals surface area contributed by atoms with Crippen molar-refractivity contribution in [3.05, 3.63) is 59.4 Å². The second-order valence-corrected chi connectivity index (χ2v) is 4.36. The number of benzene rings is 2.